The van der Waals surface area contributed by atoms with Gasteiger partial charge >= 0.3 is 0 Å². The van der Waals surface area contributed by atoms with E-state index < -0.39 is 0 Å². The number of hydrogen-bond acceptors (Lipinski definition) is 5. The molecule has 1 atom stereocenters. The number of ether oxygens (including phenoxy) is 1. The number of hydrogen-bond donors (Lipinski definition) is 1. The van der Waals surface area contributed by atoms with Crippen LogP contribution in [0.2, 0.25) is 0 Å². The summed E-state index contributed by atoms with van der Waals surface area (Å²) in [6.07, 6.45) is 2.49. The fourth-order valence-corrected chi connectivity index (χ4v) is 2.31. The van der Waals surface area contributed by atoms with Crippen LogP contribution in [0.25, 0.3) is 11.0 Å². The molecule has 1 aliphatic heterocycles. The Morgan fingerprint density at radius 3 is 2.95 bits per heavy atom. The van der Waals surface area contributed by atoms with E-state index in [2.05, 4.69) is 9.97 Å². The summed E-state index contributed by atoms with van der Waals surface area (Å²) in [5.74, 6) is 0.219. The lowest BCUT2D eigenvalue weighted by Gasteiger charge is -2.40. The Morgan fingerprint density at radius 2 is 2.32 bits per heavy atom. The van der Waals surface area contributed by atoms with E-state index in [1.165, 1.54) is 0 Å². The molecule has 0 bridgehead atoms. The summed E-state index contributed by atoms with van der Waals surface area (Å²) in [7, 11) is 1.57. The molecular formula is C13H14N4O2. The lowest BCUT2D eigenvalue weighted by Crippen LogP contribution is -2.55. The normalized spacial score (nSPS) is 18.2. The van der Waals surface area contributed by atoms with E-state index in [-0.39, 0.29) is 11.9 Å². The largest absolute Gasteiger partial charge is 0.481 e. The first-order valence-corrected chi connectivity index (χ1v) is 6.06. The number of amides is 1. The second-order valence-electron chi connectivity index (χ2n) is 4.45. The molecular weight excluding hydrogens is 244 g/mol. The number of pyridine rings is 2. The summed E-state index contributed by atoms with van der Waals surface area (Å²) >= 11 is 0. The monoisotopic (exact) mass is 258 g/mol. The molecule has 6 heteroatoms. The van der Waals surface area contributed by atoms with E-state index in [0.29, 0.717) is 5.88 Å². The van der Waals surface area contributed by atoms with E-state index in [4.69, 9.17) is 10.5 Å². The molecule has 1 amide bonds. The van der Waals surface area contributed by atoms with Crippen LogP contribution in [-0.2, 0) is 4.79 Å². The minimum atomic E-state index is -0.306. The molecule has 1 unspecified atom stereocenters. The van der Waals surface area contributed by atoms with Crippen molar-refractivity contribution in [1.29, 1.82) is 0 Å². The number of primary amides is 1. The maximum Gasteiger partial charge on any atom is 0.240 e. The third-order valence-corrected chi connectivity index (χ3v) is 3.40. The molecule has 2 N–H and O–H groups in total. The van der Waals surface area contributed by atoms with Gasteiger partial charge in [0, 0.05) is 18.8 Å². The summed E-state index contributed by atoms with van der Waals surface area (Å²) in [5, 5.41) is 0. The van der Waals surface area contributed by atoms with Crippen molar-refractivity contribution < 1.29 is 9.53 Å². The Bertz CT molecular complexity index is 644. The summed E-state index contributed by atoms with van der Waals surface area (Å²) in [4.78, 5) is 22.0. The quantitative estimate of drug-likeness (QED) is 0.876. The number of fused-ring (bicyclic) bond motifs is 1. The third-order valence-electron chi connectivity index (χ3n) is 3.40. The van der Waals surface area contributed by atoms with Crippen molar-refractivity contribution in [3.8, 4) is 5.88 Å². The van der Waals surface area contributed by atoms with Gasteiger partial charge in [-0.15, -0.1) is 0 Å². The number of carbonyl (C=O) groups excluding carboxylic acids is 1. The van der Waals surface area contributed by atoms with Crippen LogP contribution >= 0.6 is 0 Å². The highest BCUT2D eigenvalue weighted by atomic mass is 16.5. The Morgan fingerprint density at radius 1 is 1.47 bits per heavy atom. The van der Waals surface area contributed by atoms with E-state index in [9.17, 15) is 4.79 Å². The Hall–Kier alpha value is -2.37. The average molecular weight is 258 g/mol. The molecule has 2 aromatic rings. The summed E-state index contributed by atoms with van der Waals surface area (Å²) in [6.45, 7) is 0.797. The molecule has 6 nitrogen and oxygen atoms in total. The van der Waals surface area contributed by atoms with Gasteiger partial charge in [0.1, 0.15) is 11.6 Å². The summed E-state index contributed by atoms with van der Waals surface area (Å²) in [5.41, 5.74) is 7.76. The van der Waals surface area contributed by atoms with Crippen molar-refractivity contribution in [1.82, 2.24) is 9.97 Å². The number of carbonyl (C=O) groups is 1. The van der Waals surface area contributed by atoms with Gasteiger partial charge in [-0.2, -0.15) is 0 Å². The zero-order valence-corrected chi connectivity index (χ0v) is 10.5. The topological polar surface area (TPSA) is 81.3 Å². The van der Waals surface area contributed by atoms with Crippen molar-refractivity contribution in [2.45, 2.75) is 12.5 Å². The molecule has 0 aromatic carbocycles. The van der Waals surface area contributed by atoms with Crippen LogP contribution in [-0.4, -0.2) is 35.6 Å². The zero-order chi connectivity index (χ0) is 13.4. The van der Waals surface area contributed by atoms with Crippen LogP contribution in [0.4, 0.5) is 5.69 Å². The first-order valence-electron chi connectivity index (χ1n) is 6.06. The van der Waals surface area contributed by atoms with Crippen molar-refractivity contribution >= 4 is 22.6 Å². The number of nitrogens with zero attached hydrogens (tertiary/aromatic N) is 3. The molecule has 2 aromatic heterocycles. The van der Waals surface area contributed by atoms with Crippen LogP contribution in [0, 0.1) is 0 Å². The molecule has 1 fully saturated rings. The number of aromatic nitrogens is 2. The third kappa shape index (κ3) is 1.85. The van der Waals surface area contributed by atoms with E-state index in [0.717, 1.165) is 29.7 Å². The van der Waals surface area contributed by atoms with Crippen LogP contribution in [0.15, 0.2) is 24.4 Å². The Labute approximate surface area is 110 Å². The summed E-state index contributed by atoms with van der Waals surface area (Å²) in [6, 6.07) is 5.22. The molecule has 98 valence electrons. The molecule has 0 saturated carbocycles. The van der Waals surface area contributed by atoms with Crippen molar-refractivity contribution in [2.75, 3.05) is 18.6 Å². The van der Waals surface area contributed by atoms with Gasteiger partial charge in [0.2, 0.25) is 11.8 Å². The standard InChI is InChI=1S/C13H14N4O2/c1-19-11-3-2-8-12(16-11)9(4-6-15-8)17-7-5-10(17)13(14)18/h2-4,6,10H,5,7H2,1H3,(H2,14,18). The highest BCUT2D eigenvalue weighted by Crippen LogP contribution is 2.31. The molecule has 3 rings (SSSR count). The van der Waals surface area contributed by atoms with E-state index in [1.54, 1.807) is 19.4 Å². The van der Waals surface area contributed by atoms with Crippen molar-refractivity contribution in [3.05, 3.63) is 24.4 Å². The first kappa shape index (κ1) is 11.7. The number of anilines is 1. The van der Waals surface area contributed by atoms with Crippen LogP contribution < -0.4 is 15.4 Å². The second kappa shape index (κ2) is 4.38. The smallest absolute Gasteiger partial charge is 0.240 e. The van der Waals surface area contributed by atoms with Crippen molar-refractivity contribution in [3.63, 3.8) is 0 Å². The number of nitrogens with two attached hydrogens (primary N) is 1. The SMILES string of the molecule is COc1ccc2nccc(N3CCC3C(N)=O)c2n1. The predicted molar refractivity (Wildman–Crippen MR) is 71.0 cm³/mol. The first-order chi connectivity index (χ1) is 9.20. The lowest BCUT2D eigenvalue weighted by atomic mass is 10.0. The Kier molecular flexibility index (Phi) is 2.70. The highest BCUT2D eigenvalue weighted by Gasteiger charge is 2.33. The lowest BCUT2D eigenvalue weighted by molar-refractivity contribution is -0.120. The van der Waals surface area contributed by atoms with Gasteiger partial charge < -0.3 is 15.4 Å². The van der Waals surface area contributed by atoms with Gasteiger partial charge in [0.25, 0.3) is 0 Å². The van der Waals surface area contributed by atoms with Crippen molar-refractivity contribution in [2.24, 2.45) is 5.73 Å². The highest BCUT2D eigenvalue weighted by molar-refractivity contribution is 5.93. The molecule has 0 aliphatic carbocycles. The number of rotatable bonds is 3. The fourth-order valence-electron chi connectivity index (χ4n) is 2.31. The zero-order valence-electron chi connectivity index (χ0n) is 10.5. The maximum absolute atomic E-state index is 11.3. The summed E-state index contributed by atoms with van der Waals surface area (Å²) < 4.78 is 5.13. The minimum absolute atomic E-state index is 0.251. The maximum atomic E-state index is 11.3. The van der Waals surface area contributed by atoms with E-state index in [1.807, 2.05) is 17.0 Å². The average Bonchev–Trinajstić information content (AvgIpc) is 2.36. The van der Waals surface area contributed by atoms with Gasteiger partial charge in [-0.1, -0.05) is 0 Å². The number of methoxy groups -OCH3 is 1. The van der Waals surface area contributed by atoms with E-state index >= 15 is 0 Å². The Balaban J connectivity index is 2.10. The van der Waals surface area contributed by atoms with Crippen LogP contribution in [0.3, 0.4) is 0 Å². The van der Waals surface area contributed by atoms with Gasteiger partial charge in [-0.25, -0.2) is 4.98 Å². The van der Waals surface area contributed by atoms with Crippen LogP contribution in [0.5, 0.6) is 5.88 Å². The molecule has 0 spiro atoms. The van der Waals surface area contributed by atoms with Gasteiger partial charge in [0.15, 0.2) is 0 Å². The molecule has 19 heavy (non-hydrogen) atoms. The molecule has 1 saturated heterocycles. The van der Waals surface area contributed by atoms with Gasteiger partial charge in [-0.3, -0.25) is 9.78 Å². The van der Waals surface area contributed by atoms with Crippen LogP contribution in [0.1, 0.15) is 6.42 Å². The molecule has 0 radical (unpaired) electrons. The van der Waals surface area contributed by atoms with Gasteiger partial charge in [-0.05, 0) is 18.6 Å². The predicted octanol–water partition coefficient (Wildman–Crippen LogP) is 0.702. The van der Waals surface area contributed by atoms with Gasteiger partial charge in [0.05, 0.1) is 18.3 Å². The molecule has 1 aliphatic rings. The fraction of sp³-hybridized carbons (Fsp3) is 0.308. The minimum Gasteiger partial charge on any atom is -0.481 e. The second-order valence-corrected chi connectivity index (χ2v) is 4.45. The molecule has 3 heterocycles.